The zero-order chi connectivity index (χ0) is 23.7. The minimum absolute atomic E-state index is 0.0793. The van der Waals surface area contributed by atoms with Crippen LogP contribution in [0.1, 0.15) is 15.9 Å². The first kappa shape index (κ1) is 23.0. The first-order valence-corrected chi connectivity index (χ1v) is 11.3. The Hall–Kier alpha value is -3.13. The Morgan fingerprint density at radius 2 is 1.67 bits per heavy atom. The van der Waals surface area contributed by atoms with E-state index in [-0.39, 0.29) is 16.6 Å². The van der Waals surface area contributed by atoms with Crippen molar-refractivity contribution in [3.05, 3.63) is 98.1 Å². The van der Waals surface area contributed by atoms with Crippen molar-refractivity contribution in [3.63, 3.8) is 0 Å². The Kier molecular flexibility index (Phi) is 6.56. The minimum Gasteiger partial charge on any atom is -0.350 e. The Labute approximate surface area is 208 Å². The summed E-state index contributed by atoms with van der Waals surface area (Å²) in [6.07, 6.45) is 0. The summed E-state index contributed by atoms with van der Waals surface area (Å²) in [5.41, 5.74) is 2.26. The second kappa shape index (κ2) is 9.39. The van der Waals surface area contributed by atoms with Crippen LogP contribution in [0, 0.1) is 6.92 Å². The van der Waals surface area contributed by atoms with Crippen LogP contribution >= 0.6 is 39.1 Å². The van der Waals surface area contributed by atoms with Crippen molar-refractivity contribution in [3.8, 4) is 0 Å². The van der Waals surface area contributed by atoms with E-state index in [1.54, 1.807) is 55.5 Å². The number of anilines is 3. The van der Waals surface area contributed by atoms with Crippen molar-refractivity contribution >= 4 is 73.9 Å². The topological polar surface area (TPSA) is 78.5 Å². The summed E-state index contributed by atoms with van der Waals surface area (Å²) in [5.74, 6) is -1.61. The van der Waals surface area contributed by atoms with Gasteiger partial charge >= 0.3 is 0 Å². The zero-order valence-electron chi connectivity index (χ0n) is 17.2. The van der Waals surface area contributed by atoms with Gasteiger partial charge in [-0.1, -0.05) is 47.5 Å². The normalized spacial score (nSPS) is 13.5. The van der Waals surface area contributed by atoms with E-state index in [0.29, 0.717) is 33.2 Å². The molecule has 0 radical (unpaired) electrons. The molecule has 0 atom stereocenters. The van der Waals surface area contributed by atoms with Gasteiger partial charge in [-0.05, 0) is 70.9 Å². The van der Waals surface area contributed by atoms with Crippen LogP contribution in [0.5, 0.6) is 0 Å². The number of amides is 3. The van der Waals surface area contributed by atoms with Crippen molar-refractivity contribution in [1.29, 1.82) is 0 Å². The molecule has 3 amide bonds. The lowest BCUT2D eigenvalue weighted by atomic mass is 10.1. The van der Waals surface area contributed by atoms with Gasteiger partial charge in [0, 0.05) is 20.7 Å². The van der Waals surface area contributed by atoms with Crippen molar-refractivity contribution in [2.45, 2.75) is 6.92 Å². The summed E-state index contributed by atoms with van der Waals surface area (Å²) in [5, 5.41) is 5.88. The summed E-state index contributed by atoms with van der Waals surface area (Å²) in [7, 11) is 0. The van der Waals surface area contributed by atoms with Crippen LogP contribution in [-0.4, -0.2) is 17.7 Å². The molecular formula is C24H16BrCl2N3O3. The number of benzene rings is 3. The van der Waals surface area contributed by atoms with E-state index in [9.17, 15) is 14.4 Å². The number of carbonyl (C=O) groups is 3. The largest absolute Gasteiger partial charge is 0.350 e. The maximum Gasteiger partial charge on any atom is 0.283 e. The fourth-order valence-corrected chi connectivity index (χ4v) is 4.07. The van der Waals surface area contributed by atoms with Gasteiger partial charge < -0.3 is 10.6 Å². The molecule has 0 saturated heterocycles. The lowest BCUT2D eigenvalue weighted by Crippen LogP contribution is -2.32. The number of rotatable bonds is 5. The standard InChI is InChI=1S/C24H16BrCl2N3O3/c1-13-17(26)9-5-11-19(13)30-23(32)20(27)21(24(30)33)28-15-7-4-6-14(12-15)22(31)29-18-10-3-2-8-16(18)25/h2-12,28H,1H3,(H,29,31). The van der Waals surface area contributed by atoms with Gasteiger partial charge in [0.1, 0.15) is 10.7 Å². The third-order valence-electron chi connectivity index (χ3n) is 5.02. The molecule has 0 fully saturated rings. The molecule has 1 aliphatic rings. The molecule has 1 aliphatic heterocycles. The Balaban J connectivity index is 1.57. The predicted molar refractivity (Wildman–Crippen MR) is 134 cm³/mol. The lowest BCUT2D eigenvalue weighted by molar-refractivity contribution is -0.120. The maximum atomic E-state index is 13.1. The monoisotopic (exact) mass is 543 g/mol. The van der Waals surface area contributed by atoms with Gasteiger partial charge in [-0.3, -0.25) is 14.4 Å². The van der Waals surface area contributed by atoms with Gasteiger partial charge in [0.05, 0.1) is 11.4 Å². The van der Waals surface area contributed by atoms with Crippen molar-refractivity contribution < 1.29 is 14.4 Å². The number of para-hydroxylation sites is 1. The van der Waals surface area contributed by atoms with Gasteiger partial charge in [0.25, 0.3) is 17.7 Å². The van der Waals surface area contributed by atoms with E-state index >= 15 is 0 Å². The minimum atomic E-state index is -0.655. The highest BCUT2D eigenvalue weighted by atomic mass is 79.9. The third-order valence-corrected chi connectivity index (χ3v) is 6.48. The van der Waals surface area contributed by atoms with Crippen molar-refractivity contribution in [2.24, 2.45) is 0 Å². The first-order valence-electron chi connectivity index (χ1n) is 9.74. The molecule has 0 spiro atoms. The van der Waals surface area contributed by atoms with E-state index in [1.807, 2.05) is 18.2 Å². The van der Waals surface area contributed by atoms with E-state index in [4.69, 9.17) is 23.2 Å². The Bertz CT molecular complexity index is 1340. The number of nitrogens with zero attached hydrogens (tertiary/aromatic N) is 1. The quantitative estimate of drug-likeness (QED) is 0.380. The van der Waals surface area contributed by atoms with Gasteiger partial charge in [0.15, 0.2) is 0 Å². The summed E-state index contributed by atoms with van der Waals surface area (Å²) >= 11 is 15.8. The Morgan fingerprint density at radius 1 is 0.939 bits per heavy atom. The summed E-state index contributed by atoms with van der Waals surface area (Å²) in [4.78, 5) is 39.5. The number of nitrogens with one attached hydrogen (secondary N) is 2. The van der Waals surface area contributed by atoms with Crippen LogP contribution in [-0.2, 0) is 9.59 Å². The van der Waals surface area contributed by atoms with Crippen LogP contribution < -0.4 is 15.5 Å². The molecule has 9 heteroatoms. The molecule has 4 rings (SSSR count). The molecular weight excluding hydrogens is 529 g/mol. The molecule has 0 unspecified atom stereocenters. The van der Waals surface area contributed by atoms with Crippen molar-refractivity contribution in [2.75, 3.05) is 15.5 Å². The number of carbonyl (C=O) groups excluding carboxylic acids is 3. The highest BCUT2D eigenvalue weighted by Crippen LogP contribution is 2.34. The third kappa shape index (κ3) is 4.53. The van der Waals surface area contributed by atoms with Gasteiger partial charge in [0.2, 0.25) is 0 Å². The van der Waals surface area contributed by atoms with Crippen LogP contribution in [0.15, 0.2) is 81.9 Å². The fourth-order valence-electron chi connectivity index (χ4n) is 3.31. The molecule has 1 heterocycles. The second-order valence-corrected chi connectivity index (χ2v) is 8.80. The Morgan fingerprint density at radius 3 is 2.42 bits per heavy atom. The molecule has 6 nitrogen and oxygen atoms in total. The van der Waals surface area contributed by atoms with Gasteiger partial charge in [-0.15, -0.1) is 0 Å². The number of halogens is 3. The van der Waals surface area contributed by atoms with Gasteiger partial charge in [-0.2, -0.15) is 0 Å². The fraction of sp³-hybridized carbons (Fsp3) is 0.0417. The van der Waals surface area contributed by atoms with Crippen molar-refractivity contribution in [1.82, 2.24) is 0 Å². The molecule has 2 N–H and O–H groups in total. The number of hydrogen-bond acceptors (Lipinski definition) is 4. The smallest absolute Gasteiger partial charge is 0.283 e. The first-order chi connectivity index (χ1) is 15.8. The second-order valence-electron chi connectivity index (χ2n) is 7.16. The van der Waals surface area contributed by atoms with E-state index < -0.39 is 11.8 Å². The van der Waals surface area contributed by atoms with Gasteiger partial charge in [-0.25, -0.2) is 4.90 Å². The van der Waals surface area contributed by atoms with Crippen LogP contribution in [0.4, 0.5) is 17.1 Å². The predicted octanol–water partition coefficient (Wildman–Crippen LogP) is 6.10. The van der Waals surface area contributed by atoms with E-state index in [2.05, 4.69) is 26.6 Å². The molecule has 0 aromatic heterocycles. The molecule has 0 saturated carbocycles. The number of imide groups is 1. The summed E-state index contributed by atoms with van der Waals surface area (Å²) in [6, 6.07) is 18.7. The number of hydrogen-bond donors (Lipinski definition) is 2. The lowest BCUT2D eigenvalue weighted by Gasteiger charge is -2.18. The molecule has 33 heavy (non-hydrogen) atoms. The average Bonchev–Trinajstić information content (AvgIpc) is 3.00. The molecule has 0 bridgehead atoms. The van der Waals surface area contributed by atoms with E-state index in [0.717, 1.165) is 9.37 Å². The molecule has 0 aliphatic carbocycles. The SMILES string of the molecule is Cc1c(Cl)cccc1N1C(=O)C(Cl)=C(Nc2cccc(C(=O)Nc3ccccc3Br)c2)C1=O. The summed E-state index contributed by atoms with van der Waals surface area (Å²) in [6.45, 7) is 1.71. The average molecular weight is 545 g/mol. The van der Waals surface area contributed by atoms with E-state index in [1.165, 1.54) is 0 Å². The summed E-state index contributed by atoms with van der Waals surface area (Å²) < 4.78 is 0.746. The van der Waals surface area contributed by atoms with Crippen LogP contribution in [0.2, 0.25) is 5.02 Å². The van der Waals surface area contributed by atoms with Crippen LogP contribution in [0.3, 0.4) is 0 Å². The molecule has 166 valence electrons. The highest BCUT2D eigenvalue weighted by Gasteiger charge is 2.39. The zero-order valence-corrected chi connectivity index (χ0v) is 20.3. The highest BCUT2D eigenvalue weighted by molar-refractivity contribution is 9.10. The molecule has 3 aromatic carbocycles. The molecule has 3 aromatic rings. The van der Waals surface area contributed by atoms with Crippen LogP contribution in [0.25, 0.3) is 0 Å². The maximum absolute atomic E-state index is 13.1.